The van der Waals surface area contributed by atoms with Crippen molar-refractivity contribution in [1.29, 1.82) is 0 Å². The Morgan fingerprint density at radius 2 is 2.54 bits per heavy atom. The molecule has 1 atom stereocenters. The summed E-state index contributed by atoms with van der Waals surface area (Å²) in [6.45, 7) is 3.89. The lowest BCUT2D eigenvalue weighted by Gasteiger charge is -2.38. The third-order valence-corrected chi connectivity index (χ3v) is 2.61. The Labute approximate surface area is 83.6 Å². The molecule has 0 bridgehead atoms. The van der Waals surface area contributed by atoms with E-state index in [-0.39, 0.29) is 6.54 Å². The quantitative estimate of drug-likeness (QED) is 0.453. The molecule has 0 aromatic carbocycles. The number of hydrogen-bond donors (Lipinski definition) is 0. The van der Waals surface area contributed by atoms with Crippen LogP contribution in [0.3, 0.4) is 0 Å². The monoisotopic (exact) mass is 186 g/mol. The van der Waals surface area contributed by atoms with E-state index < -0.39 is 18.4 Å². The number of rotatable bonds is 1. The summed E-state index contributed by atoms with van der Waals surface area (Å²) in [7, 11) is 1.30. The fourth-order valence-electron chi connectivity index (χ4n) is 1.55. The number of methoxy groups -OCH3 is 1. The number of esters is 1. The molecule has 1 rings (SSSR count). The van der Waals surface area contributed by atoms with Gasteiger partial charge in [-0.2, -0.15) is 0 Å². The van der Waals surface area contributed by atoms with Crippen molar-refractivity contribution in [1.82, 2.24) is 4.90 Å². The van der Waals surface area contributed by atoms with Crippen LogP contribution < -0.4 is 0 Å². The van der Waals surface area contributed by atoms with Crippen LogP contribution in [0.1, 0.15) is 17.5 Å². The molecule has 3 nitrogen and oxygen atoms in total. The van der Waals surface area contributed by atoms with Crippen LogP contribution in [0.15, 0.2) is 12.2 Å². The maximum Gasteiger partial charge on any atom is 0.316 e. The van der Waals surface area contributed by atoms with Crippen molar-refractivity contribution < 1.29 is 13.6 Å². The topological polar surface area (TPSA) is 29.5 Å². The standard InChI is InChI=1S/C10H17NO2/c1-8-5-6-11(3)7-10(8,2)9(12)13-4/h1,5-7H2,2-4H3/t10-/m1/s1/i3D3. The first-order valence-corrected chi connectivity index (χ1v) is 4.23. The van der Waals surface area contributed by atoms with Crippen molar-refractivity contribution >= 4 is 5.97 Å². The molecule has 0 aromatic heterocycles. The molecular formula is C10H17NO2. The van der Waals surface area contributed by atoms with E-state index in [2.05, 4.69) is 6.58 Å². The maximum absolute atomic E-state index is 11.7. The van der Waals surface area contributed by atoms with E-state index >= 15 is 0 Å². The molecule has 13 heavy (non-hydrogen) atoms. The van der Waals surface area contributed by atoms with Crippen molar-refractivity contribution in [2.75, 3.05) is 27.2 Å². The molecule has 0 aliphatic carbocycles. The van der Waals surface area contributed by atoms with Gasteiger partial charge in [0, 0.05) is 17.2 Å². The molecule has 1 fully saturated rings. The van der Waals surface area contributed by atoms with Crippen LogP contribution in [0.25, 0.3) is 0 Å². The third-order valence-electron chi connectivity index (χ3n) is 2.61. The second kappa shape index (κ2) is 3.50. The predicted octanol–water partition coefficient (Wildman–Crippen LogP) is 1.06. The first-order valence-electron chi connectivity index (χ1n) is 5.73. The molecular weight excluding hydrogens is 166 g/mol. The summed E-state index contributed by atoms with van der Waals surface area (Å²) in [5, 5.41) is 0. The van der Waals surface area contributed by atoms with Crippen LogP contribution in [-0.4, -0.2) is 38.0 Å². The van der Waals surface area contributed by atoms with Crippen molar-refractivity contribution in [3.63, 3.8) is 0 Å². The van der Waals surface area contributed by atoms with E-state index in [9.17, 15) is 4.79 Å². The Bertz CT molecular complexity index is 304. The summed E-state index contributed by atoms with van der Waals surface area (Å²) < 4.78 is 26.7. The zero-order valence-corrected chi connectivity index (χ0v) is 8.09. The van der Waals surface area contributed by atoms with Gasteiger partial charge in [-0.05, 0) is 20.3 Å². The van der Waals surface area contributed by atoms with Gasteiger partial charge in [0.1, 0.15) is 0 Å². The van der Waals surface area contributed by atoms with Gasteiger partial charge in [0.2, 0.25) is 0 Å². The summed E-state index contributed by atoms with van der Waals surface area (Å²) in [6, 6.07) is 0. The van der Waals surface area contributed by atoms with E-state index in [1.807, 2.05) is 0 Å². The predicted molar refractivity (Wildman–Crippen MR) is 51.4 cm³/mol. The number of hydrogen-bond acceptors (Lipinski definition) is 3. The van der Waals surface area contributed by atoms with Crippen molar-refractivity contribution in [2.24, 2.45) is 5.41 Å². The average molecular weight is 186 g/mol. The molecule has 0 aromatic rings. The largest absolute Gasteiger partial charge is 0.468 e. The first-order chi connectivity index (χ1) is 7.21. The number of carbonyl (C=O) groups is 1. The molecule has 0 unspecified atom stereocenters. The Morgan fingerprint density at radius 3 is 3.08 bits per heavy atom. The minimum absolute atomic E-state index is 0.134. The fraction of sp³-hybridized carbons (Fsp3) is 0.700. The summed E-state index contributed by atoms with van der Waals surface area (Å²) in [5.74, 6) is -0.425. The zero-order valence-electron chi connectivity index (χ0n) is 11.1. The van der Waals surface area contributed by atoms with Gasteiger partial charge < -0.3 is 9.64 Å². The third kappa shape index (κ3) is 1.75. The molecule has 1 aliphatic heterocycles. The van der Waals surface area contributed by atoms with Crippen LogP contribution in [0.4, 0.5) is 0 Å². The molecule has 0 amide bonds. The van der Waals surface area contributed by atoms with Gasteiger partial charge >= 0.3 is 5.97 Å². The van der Waals surface area contributed by atoms with Crippen molar-refractivity contribution in [2.45, 2.75) is 13.3 Å². The lowest BCUT2D eigenvalue weighted by Crippen LogP contribution is -2.46. The summed E-state index contributed by atoms with van der Waals surface area (Å²) in [6.07, 6.45) is 0.504. The Balaban J connectivity index is 2.92. The number of piperidine rings is 1. The number of nitrogens with zero attached hydrogens (tertiary/aromatic N) is 1. The summed E-state index contributed by atoms with van der Waals surface area (Å²) in [5.41, 5.74) is -0.179. The van der Waals surface area contributed by atoms with Crippen LogP contribution in [-0.2, 0) is 9.53 Å². The fourth-order valence-corrected chi connectivity index (χ4v) is 1.55. The van der Waals surface area contributed by atoms with Crippen molar-refractivity contribution in [3.05, 3.63) is 12.2 Å². The number of ether oxygens (including phenoxy) is 1. The SMILES string of the molecule is [2H]C([2H])([2H])N1CCC(=C)[C@](C)(C(=O)OC)C1. The second-order valence-electron chi connectivity index (χ2n) is 3.60. The Hall–Kier alpha value is -0.830. The highest BCUT2D eigenvalue weighted by molar-refractivity contribution is 5.80. The highest BCUT2D eigenvalue weighted by Crippen LogP contribution is 2.34. The molecule has 0 spiro atoms. The van der Waals surface area contributed by atoms with E-state index in [0.29, 0.717) is 13.0 Å². The lowest BCUT2D eigenvalue weighted by atomic mass is 9.78. The van der Waals surface area contributed by atoms with Gasteiger partial charge in [0.05, 0.1) is 12.5 Å². The van der Waals surface area contributed by atoms with Gasteiger partial charge in [0.15, 0.2) is 0 Å². The summed E-state index contributed by atoms with van der Waals surface area (Å²) in [4.78, 5) is 13.0. The smallest absolute Gasteiger partial charge is 0.316 e. The number of carbonyl (C=O) groups excluding carboxylic acids is 1. The Morgan fingerprint density at radius 1 is 1.85 bits per heavy atom. The van der Waals surface area contributed by atoms with E-state index in [1.165, 1.54) is 12.0 Å². The zero-order chi connectivity index (χ0) is 12.6. The van der Waals surface area contributed by atoms with Gasteiger partial charge in [-0.3, -0.25) is 4.79 Å². The molecule has 1 saturated heterocycles. The Kier molecular flexibility index (Phi) is 1.78. The molecule has 74 valence electrons. The van der Waals surface area contributed by atoms with Gasteiger partial charge in [-0.15, -0.1) is 0 Å². The summed E-state index contributed by atoms with van der Waals surface area (Å²) >= 11 is 0. The van der Waals surface area contributed by atoms with Gasteiger partial charge in [-0.1, -0.05) is 12.2 Å². The highest BCUT2D eigenvalue weighted by Gasteiger charge is 2.40. The van der Waals surface area contributed by atoms with Crippen LogP contribution in [0, 0.1) is 5.41 Å². The van der Waals surface area contributed by atoms with E-state index in [4.69, 9.17) is 8.85 Å². The second-order valence-corrected chi connectivity index (χ2v) is 3.60. The minimum Gasteiger partial charge on any atom is -0.468 e. The van der Waals surface area contributed by atoms with Crippen LogP contribution >= 0.6 is 0 Å². The first kappa shape index (κ1) is 6.60. The lowest BCUT2D eigenvalue weighted by molar-refractivity contribution is -0.151. The van der Waals surface area contributed by atoms with Gasteiger partial charge in [-0.25, -0.2) is 0 Å². The van der Waals surface area contributed by atoms with E-state index in [0.717, 1.165) is 5.57 Å². The van der Waals surface area contributed by atoms with E-state index in [1.54, 1.807) is 6.92 Å². The highest BCUT2D eigenvalue weighted by atomic mass is 16.5. The molecule has 0 saturated carbocycles. The minimum atomic E-state index is -2.17. The molecule has 1 heterocycles. The van der Waals surface area contributed by atoms with Crippen LogP contribution in [0.5, 0.6) is 0 Å². The molecule has 0 N–H and O–H groups in total. The van der Waals surface area contributed by atoms with Crippen LogP contribution in [0.2, 0.25) is 0 Å². The molecule has 1 aliphatic rings. The van der Waals surface area contributed by atoms with Gasteiger partial charge in [0.25, 0.3) is 0 Å². The van der Waals surface area contributed by atoms with Crippen molar-refractivity contribution in [3.8, 4) is 0 Å². The average Bonchev–Trinajstić information content (AvgIpc) is 2.19. The maximum atomic E-state index is 11.7. The normalized spacial score (nSPS) is 34.6. The number of likely N-dealkylation sites (tertiary alicyclic amines) is 1. The molecule has 0 radical (unpaired) electrons. The molecule has 3 heteroatoms.